The fourth-order valence-corrected chi connectivity index (χ4v) is 3.30. The zero-order valence-corrected chi connectivity index (χ0v) is 17.8. The van der Waals surface area contributed by atoms with E-state index in [1.807, 2.05) is 44.2 Å². The molecule has 0 amide bonds. The molecule has 0 radical (unpaired) electrons. The van der Waals surface area contributed by atoms with E-state index < -0.39 is 0 Å². The van der Waals surface area contributed by atoms with Gasteiger partial charge in [-0.1, -0.05) is 24.3 Å². The number of aromatic nitrogens is 2. The molecular weight excluding hydrogens is 378 g/mol. The number of guanidine groups is 1. The molecule has 0 fully saturated rings. The van der Waals surface area contributed by atoms with Crippen molar-refractivity contribution in [3.63, 3.8) is 0 Å². The summed E-state index contributed by atoms with van der Waals surface area (Å²) in [5.41, 5.74) is 3.78. The molecule has 0 unspecified atom stereocenters. The molecular formula is C23H29N5O2. The van der Waals surface area contributed by atoms with Crippen LogP contribution in [0.2, 0.25) is 0 Å². The number of carbonyl (C=O) groups is 1. The number of imidazole rings is 1. The first-order chi connectivity index (χ1) is 14.6. The maximum absolute atomic E-state index is 11.5. The van der Waals surface area contributed by atoms with E-state index in [2.05, 4.69) is 31.2 Å². The van der Waals surface area contributed by atoms with Crippen molar-refractivity contribution in [2.45, 2.75) is 33.4 Å². The Labute approximate surface area is 177 Å². The number of esters is 1. The number of aliphatic imine (C=N–C) groups is 1. The third-order valence-electron chi connectivity index (χ3n) is 4.84. The van der Waals surface area contributed by atoms with Crippen LogP contribution in [0.4, 0.5) is 0 Å². The van der Waals surface area contributed by atoms with Crippen LogP contribution in [0, 0.1) is 6.92 Å². The standard InChI is InChI=1S/C23H29N5O2/c1-4-24-23(26-16-18-10-12-19(13-11-18)22(29)30-3)25-14-7-15-28-17(2)27-20-8-5-6-9-21(20)28/h5-6,8-13H,4,7,14-16H2,1-3H3,(H2,24,25,26). The summed E-state index contributed by atoms with van der Waals surface area (Å²) >= 11 is 0. The van der Waals surface area contributed by atoms with Gasteiger partial charge in [-0.2, -0.15) is 0 Å². The predicted octanol–water partition coefficient (Wildman–Crippen LogP) is 3.28. The Kier molecular flexibility index (Phi) is 7.43. The van der Waals surface area contributed by atoms with Crippen LogP contribution in [-0.4, -0.2) is 41.7 Å². The van der Waals surface area contributed by atoms with Crippen molar-refractivity contribution < 1.29 is 9.53 Å². The maximum Gasteiger partial charge on any atom is 0.337 e. The molecule has 2 N–H and O–H groups in total. The molecule has 0 bridgehead atoms. The van der Waals surface area contributed by atoms with Gasteiger partial charge in [-0.15, -0.1) is 0 Å². The fourth-order valence-electron chi connectivity index (χ4n) is 3.30. The number of nitrogens with zero attached hydrogens (tertiary/aromatic N) is 3. The number of nitrogens with one attached hydrogen (secondary N) is 2. The second-order valence-corrected chi connectivity index (χ2v) is 6.96. The molecule has 30 heavy (non-hydrogen) atoms. The van der Waals surface area contributed by atoms with Crippen molar-refractivity contribution in [2.24, 2.45) is 4.99 Å². The highest BCUT2D eigenvalue weighted by Crippen LogP contribution is 2.15. The van der Waals surface area contributed by atoms with Crippen LogP contribution in [0.15, 0.2) is 53.5 Å². The Morgan fingerprint density at radius 2 is 1.90 bits per heavy atom. The Morgan fingerprint density at radius 3 is 2.63 bits per heavy atom. The predicted molar refractivity (Wildman–Crippen MR) is 120 cm³/mol. The van der Waals surface area contributed by atoms with E-state index in [-0.39, 0.29) is 5.97 Å². The van der Waals surface area contributed by atoms with Gasteiger partial charge in [0.1, 0.15) is 5.82 Å². The topological polar surface area (TPSA) is 80.5 Å². The summed E-state index contributed by atoms with van der Waals surface area (Å²) < 4.78 is 6.98. The highest BCUT2D eigenvalue weighted by Gasteiger charge is 2.07. The lowest BCUT2D eigenvalue weighted by Gasteiger charge is -2.12. The zero-order valence-electron chi connectivity index (χ0n) is 17.8. The van der Waals surface area contributed by atoms with Gasteiger partial charge in [0.05, 0.1) is 30.3 Å². The number of fused-ring (bicyclic) bond motifs is 1. The van der Waals surface area contributed by atoms with Crippen molar-refractivity contribution >= 4 is 23.0 Å². The summed E-state index contributed by atoms with van der Waals surface area (Å²) in [4.78, 5) is 20.8. The summed E-state index contributed by atoms with van der Waals surface area (Å²) in [6.45, 7) is 7.11. The Hall–Kier alpha value is -3.35. The molecule has 3 aromatic rings. The molecule has 0 aliphatic carbocycles. The first-order valence-corrected chi connectivity index (χ1v) is 10.2. The van der Waals surface area contributed by atoms with Crippen LogP contribution in [0.25, 0.3) is 11.0 Å². The molecule has 3 rings (SSSR count). The van der Waals surface area contributed by atoms with E-state index in [0.29, 0.717) is 12.1 Å². The van der Waals surface area contributed by atoms with E-state index in [0.717, 1.165) is 48.9 Å². The van der Waals surface area contributed by atoms with Gasteiger partial charge in [0, 0.05) is 19.6 Å². The molecule has 2 aromatic carbocycles. The molecule has 1 heterocycles. The van der Waals surface area contributed by atoms with Gasteiger partial charge >= 0.3 is 5.97 Å². The van der Waals surface area contributed by atoms with E-state index >= 15 is 0 Å². The second kappa shape index (κ2) is 10.4. The second-order valence-electron chi connectivity index (χ2n) is 6.96. The van der Waals surface area contributed by atoms with Gasteiger partial charge in [-0.05, 0) is 50.1 Å². The summed E-state index contributed by atoms with van der Waals surface area (Å²) in [7, 11) is 1.38. The molecule has 0 spiro atoms. The average Bonchev–Trinajstić information content (AvgIpc) is 3.09. The van der Waals surface area contributed by atoms with Crippen LogP contribution < -0.4 is 10.6 Å². The summed E-state index contributed by atoms with van der Waals surface area (Å²) in [5, 5.41) is 6.66. The number of hydrogen-bond acceptors (Lipinski definition) is 4. The third-order valence-corrected chi connectivity index (χ3v) is 4.84. The molecule has 158 valence electrons. The monoisotopic (exact) mass is 407 g/mol. The normalized spacial score (nSPS) is 11.5. The Bertz CT molecular complexity index is 1010. The Balaban J connectivity index is 1.53. The molecule has 0 aliphatic heterocycles. The van der Waals surface area contributed by atoms with E-state index in [4.69, 9.17) is 4.74 Å². The van der Waals surface area contributed by atoms with Crippen molar-refractivity contribution in [3.05, 3.63) is 65.5 Å². The quantitative estimate of drug-likeness (QED) is 0.259. The minimum atomic E-state index is -0.332. The molecule has 7 heteroatoms. The van der Waals surface area contributed by atoms with Gasteiger partial charge in [0.25, 0.3) is 0 Å². The minimum absolute atomic E-state index is 0.332. The van der Waals surface area contributed by atoms with E-state index in [9.17, 15) is 4.79 Å². The van der Waals surface area contributed by atoms with Gasteiger partial charge in [-0.25, -0.2) is 14.8 Å². The van der Waals surface area contributed by atoms with Crippen molar-refractivity contribution in [1.82, 2.24) is 20.2 Å². The van der Waals surface area contributed by atoms with Crippen molar-refractivity contribution in [2.75, 3.05) is 20.2 Å². The number of hydrogen-bond donors (Lipinski definition) is 2. The van der Waals surface area contributed by atoms with E-state index in [1.165, 1.54) is 12.6 Å². The highest BCUT2D eigenvalue weighted by molar-refractivity contribution is 5.89. The summed E-state index contributed by atoms with van der Waals surface area (Å²) in [5.74, 6) is 1.48. The first kappa shape index (κ1) is 21.4. The number of para-hydroxylation sites is 2. The summed E-state index contributed by atoms with van der Waals surface area (Å²) in [6, 6.07) is 15.5. The number of aryl methyl sites for hydroxylation is 2. The van der Waals surface area contributed by atoms with Gasteiger partial charge in [-0.3, -0.25) is 0 Å². The Morgan fingerprint density at radius 1 is 1.13 bits per heavy atom. The largest absolute Gasteiger partial charge is 0.465 e. The van der Waals surface area contributed by atoms with Crippen LogP contribution >= 0.6 is 0 Å². The SMILES string of the molecule is CCNC(=NCc1ccc(C(=O)OC)cc1)NCCCn1c(C)nc2ccccc21. The zero-order chi connectivity index (χ0) is 21.3. The average molecular weight is 408 g/mol. The summed E-state index contributed by atoms with van der Waals surface area (Å²) in [6.07, 6.45) is 0.958. The minimum Gasteiger partial charge on any atom is -0.465 e. The highest BCUT2D eigenvalue weighted by atomic mass is 16.5. The van der Waals surface area contributed by atoms with Crippen LogP contribution in [0.5, 0.6) is 0 Å². The van der Waals surface area contributed by atoms with Gasteiger partial charge < -0.3 is 19.9 Å². The van der Waals surface area contributed by atoms with Crippen LogP contribution in [0.3, 0.4) is 0 Å². The fraction of sp³-hybridized carbons (Fsp3) is 0.348. The van der Waals surface area contributed by atoms with Crippen molar-refractivity contribution in [1.29, 1.82) is 0 Å². The molecule has 0 aliphatic rings. The van der Waals surface area contributed by atoms with E-state index in [1.54, 1.807) is 12.1 Å². The third kappa shape index (κ3) is 5.37. The lowest BCUT2D eigenvalue weighted by atomic mass is 10.1. The smallest absolute Gasteiger partial charge is 0.337 e. The molecule has 0 saturated carbocycles. The number of rotatable bonds is 8. The number of benzene rings is 2. The molecule has 0 saturated heterocycles. The molecule has 7 nitrogen and oxygen atoms in total. The van der Waals surface area contributed by atoms with Crippen molar-refractivity contribution in [3.8, 4) is 0 Å². The maximum atomic E-state index is 11.5. The number of methoxy groups -OCH3 is 1. The number of carbonyl (C=O) groups excluding carboxylic acids is 1. The molecule has 1 aromatic heterocycles. The molecule has 0 atom stereocenters. The van der Waals surface area contributed by atoms with Gasteiger partial charge in [0.2, 0.25) is 0 Å². The lowest BCUT2D eigenvalue weighted by Crippen LogP contribution is -2.38. The first-order valence-electron chi connectivity index (χ1n) is 10.2. The van der Waals surface area contributed by atoms with Crippen LogP contribution in [-0.2, 0) is 17.8 Å². The number of ether oxygens (including phenoxy) is 1. The lowest BCUT2D eigenvalue weighted by molar-refractivity contribution is 0.0600. The van der Waals surface area contributed by atoms with Crippen LogP contribution in [0.1, 0.15) is 35.1 Å². The van der Waals surface area contributed by atoms with Gasteiger partial charge in [0.15, 0.2) is 5.96 Å².